The van der Waals surface area contributed by atoms with Crippen molar-refractivity contribution in [3.8, 4) is 0 Å². The summed E-state index contributed by atoms with van der Waals surface area (Å²) in [6.45, 7) is 1.03. The summed E-state index contributed by atoms with van der Waals surface area (Å²) in [4.78, 5) is 39.0. The zero-order valence-electron chi connectivity index (χ0n) is 17.7. The highest BCUT2D eigenvalue weighted by Gasteiger charge is 2.32. The van der Waals surface area contributed by atoms with Gasteiger partial charge in [-0.05, 0) is 36.4 Å². The molecule has 0 aliphatic carbocycles. The number of alkyl halides is 3. The van der Waals surface area contributed by atoms with Crippen LogP contribution in [0.5, 0.6) is 0 Å². The average Bonchev–Trinajstić information content (AvgIpc) is 2.82. The second-order valence-electron chi connectivity index (χ2n) is 7.50. The van der Waals surface area contributed by atoms with Crippen LogP contribution in [0.25, 0.3) is 0 Å². The molecule has 0 aromatic heterocycles. The number of esters is 1. The monoisotopic (exact) mass is 495 g/mol. The summed E-state index contributed by atoms with van der Waals surface area (Å²) in [5.74, 6) is -1.51. The highest BCUT2D eigenvalue weighted by Crippen LogP contribution is 2.36. The molecule has 8 nitrogen and oxygen atoms in total. The van der Waals surface area contributed by atoms with Gasteiger partial charge in [-0.1, -0.05) is 0 Å². The van der Waals surface area contributed by atoms with Crippen LogP contribution in [0.4, 0.5) is 30.2 Å². The van der Waals surface area contributed by atoms with Crippen molar-refractivity contribution in [1.82, 2.24) is 0 Å². The number of nitrogens with one attached hydrogen (secondary N) is 2. The van der Waals surface area contributed by atoms with Crippen molar-refractivity contribution in [2.24, 2.45) is 0 Å². The molecule has 0 unspecified atom stereocenters. The van der Waals surface area contributed by atoms with Gasteiger partial charge in [-0.25, -0.2) is 4.79 Å². The summed E-state index contributed by atoms with van der Waals surface area (Å²) in [6.07, 6.45) is -4.59. The summed E-state index contributed by atoms with van der Waals surface area (Å²) in [6, 6.07) is 7.72. The number of carbonyl (C=O) groups is 3. The van der Waals surface area contributed by atoms with Gasteiger partial charge in [0.25, 0.3) is 5.91 Å². The number of amides is 2. The third-order valence-electron chi connectivity index (χ3n) is 5.13. The van der Waals surface area contributed by atoms with Crippen LogP contribution in [0.15, 0.2) is 41.3 Å². The van der Waals surface area contributed by atoms with E-state index in [1.165, 1.54) is 30.0 Å². The molecule has 0 spiro atoms. The molecule has 0 radical (unpaired) electrons. The molecule has 0 saturated carbocycles. The first-order valence-corrected chi connectivity index (χ1v) is 11.3. The normalized spacial score (nSPS) is 15.9. The van der Waals surface area contributed by atoms with E-state index in [-0.39, 0.29) is 22.9 Å². The minimum absolute atomic E-state index is 0.0358. The van der Waals surface area contributed by atoms with Crippen LogP contribution >= 0.6 is 11.8 Å². The predicted molar refractivity (Wildman–Crippen MR) is 119 cm³/mol. The number of fused-ring (bicyclic) bond motifs is 1. The molecule has 180 valence electrons. The van der Waals surface area contributed by atoms with Crippen LogP contribution in [0, 0.1) is 0 Å². The Morgan fingerprint density at radius 3 is 2.65 bits per heavy atom. The van der Waals surface area contributed by atoms with Crippen molar-refractivity contribution in [2.45, 2.75) is 11.1 Å². The molecule has 2 aliphatic heterocycles. The molecule has 0 bridgehead atoms. The molecule has 2 aromatic rings. The summed E-state index contributed by atoms with van der Waals surface area (Å²) in [5.41, 5.74) is 0.0673. The van der Waals surface area contributed by atoms with Crippen LogP contribution in [0.3, 0.4) is 0 Å². The SMILES string of the molecule is O=C1CSc2ccc(C(=O)OCC(=O)Nc3cc(C(F)(F)F)ccc3N3CCOCC3)cc2N1. The molecular weight excluding hydrogens is 475 g/mol. The van der Waals surface area contributed by atoms with E-state index in [4.69, 9.17) is 9.47 Å². The number of hydrogen-bond donors (Lipinski definition) is 2. The van der Waals surface area contributed by atoms with Crippen LogP contribution in [0.1, 0.15) is 15.9 Å². The first-order chi connectivity index (χ1) is 16.2. The van der Waals surface area contributed by atoms with E-state index in [2.05, 4.69) is 10.6 Å². The predicted octanol–water partition coefficient (Wildman–Crippen LogP) is 3.38. The maximum atomic E-state index is 13.2. The Labute approximate surface area is 196 Å². The number of nitrogens with zero attached hydrogens (tertiary/aromatic N) is 1. The van der Waals surface area contributed by atoms with Gasteiger partial charge in [0.1, 0.15) is 0 Å². The third-order valence-corrected chi connectivity index (χ3v) is 6.21. The van der Waals surface area contributed by atoms with Crippen LogP contribution in [-0.2, 0) is 25.2 Å². The number of hydrogen-bond acceptors (Lipinski definition) is 7. The molecule has 2 N–H and O–H groups in total. The van der Waals surface area contributed by atoms with Crippen LogP contribution < -0.4 is 15.5 Å². The Hall–Kier alpha value is -3.25. The average molecular weight is 495 g/mol. The molecule has 1 saturated heterocycles. The highest BCUT2D eigenvalue weighted by molar-refractivity contribution is 8.00. The summed E-state index contributed by atoms with van der Waals surface area (Å²) < 4.78 is 50.0. The molecule has 2 heterocycles. The Balaban J connectivity index is 1.44. The molecule has 12 heteroatoms. The Kier molecular flexibility index (Phi) is 6.98. The molecule has 34 heavy (non-hydrogen) atoms. The molecule has 1 fully saturated rings. The fourth-order valence-corrected chi connectivity index (χ4v) is 4.29. The third kappa shape index (κ3) is 5.62. The van der Waals surface area contributed by atoms with Gasteiger partial charge >= 0.3 is 12.1 Å². The number of halogens is 3. The largest absolute Gasteiger partial charge is 0.452 e. The number of ether oxygens (including phenoxy) is 2. The molecule has 2 amide bonds. The molecular formula is C22H20F3N3O5S. The van der Waals surface area contributed by atoms with Crippen LogP contribution in [-0.4, -0.2) is 56.4 Å². The fourth-order valence-electron chi connectivity index (χ4n) is 3.50. The van der Waals surface area contributed by atoms with E-state index in [9.17, 15) is 27.6 Å². The van der Waals surface area contributed by atoms with E-state index < -0.39 is 30.2 Å². The molecule has 2 aromatic carbocycles. The highest BCUT2D eigenvalue weighted by atomic mass is 32.2. The van der Waals surface area contributed by atoms with Gasteiger partial charge in [-0.15, -0.1) is 11.8 Å². The van der Waals surface area contributed by atoms with Gasteiger partial charge in [0.05, 0.1) is 47.2 Å². The standard InChI is InChI=1S/C22H20F3N3O5S/c23-22(24,25)14-2-3-17(28-5-7-32-8-6-28)15(10-14)26-19(29)11-33-21(31)13-1-4-18-16(9-13)27-20(30)12-34-18/h1-4,9-10H,5-8,11-12H2,(H,26,29)(H,27,30). The maximum Gasteiger partial charge on any atom is 0.416 e. The summed E-state index contributed by atoms with van der Waals surface area (Å²) >= 11 is 1.33. The number of carbonyl (C=O) groups excluding carboxylic acids is 3. The van der Waals surface area contributed by atoms with Crippen molar-refractivity contribution >= 4 is 46.6 Å². The smallest absolute Gasteiger partial charge is 0.416 e. The van der Waals surface area contributed by atoms with E-state index in [1.807, 2.05) is 4.90 Å². The fraction of sp³-hybridized carbons (Fsp3) is 0.318. The van der Waals surface area contributed by atoms with Crippen molar-refractivity contribution in [3.05, 3.63) is 47.5 Å². The van der Waals surface area contributed by atoms with Crippen molar-refractivity contribution in [3.63, 3.8) is 0 Å². The van der Waals surface area contributed by atoms with Crippen molar-refractivity contribution in [2.75, 3.05) is 54.2 Å². The number of rotatable bonds is 5. The van der Waals surface area contributed by atoms with E-state index in [0.717, 1.165) is 17.0 Å². The Morgan fingerprint density at radius 1 is 1.15 bits per heavy atom. The lowest BCUT2D eigenvalue weighted by atomic mass is 10.1. The van der Waals surface area contributed by atoms with E-state index in [1.54, 1.807) is 6.07 Å². The molecule has 0 atom stereocenters. The Bertz CT molecular complexity index is 1120. The lowest BCUT2D eigenvalue weighted by Gasteiger charge is -2.31. The van der Waals surface area contributed by atoms with Crippen molar-refractivity contribution in [1.29, 1.82) is 0 Å². The number of thioether (sulfide) groups is 1. The minimum Gasteiger partial charge on any atom is -0.452 e. The topological polar surface area (TPSA) is 97.0 Å². The zero-order chi connectivity index (χ0) is 24.3. The second kappa shape index (κ2) is 9.94. The van der Waals surface area contributed by atoms with Gasteiger partial charge in [0.2, 0.25) is 5.91 Å². The van der Waals surface area contributed by atoms with Crippen LogP contribution in [0.2, 0.25) is 0 Å². The number of anilines is 3. The number of morpholine rings is 1. The van der Waals surface area contributed by atoms with Gasteiger partial charge in [-0.2, -0.15) is 13.2 Å². The van der Waals surface area contributed by atoms with Gasteiger partial charge in [0, 0.05) is 18.0 Å². The van der Waals surface area contributed by atoms with Gasteiger partial charge < -0.3 is 25.0 Å². The maximum absolute atomic E-state index is 13.2. The van der Waals surface area contributed by atoms with Crippen molar-refractivity contribution < 1.29 is 37.0 Å². The lowest BCUT2D eigenvalue weighted by molar-refractivity contribution is -0.137. The second-order valence-corrected chi connectivity index (χ2v) is 8.52. The molecule has 4 rings (SSSR count). The lowest BCUT2D eigenvalue weighted by Crippen LogP contribution is -2.37. The zero-order valence-corrected chi connectivity index (χ0v) is 18.6. The van der Waals surface area contributed by atoms with E-state index in [0.29, 0.717) is 37.7 Å². The summed E-state index contributed by atoms with van der Waals surface area (Å²) in [5, 5.41) is 5.08. The first-order valence-electron chi connectivity index (χ1n) is 10.3. The van der Waals surface area contributed by atoms with Gasteiger partial charge in [-0.3, -0.25) is 9.59 Å². The minimum atomic E-state index is -4.59. The summed E-state index contributed by atoms with van der Waals surface area (Å²) in [7, 11) is 0. The first kappa shape index (κ1) is 23.9. The number of benzene rings is 2. The quantitative estimate of drug-likeness (QED) is 0.614. The molecule has 2 aliphatic rings. The van der Waals surface area contributed by atoms with Gasteiger partial charge in [0.15, 0.2) is 6.61 Å². The Morgan fingerprint density at radius 2 is 1.91 bits per heavy atom. The van der Waals surface area contributed by atoms with E-state index >= 15 is 0 Å².